The molecule has 7 N–H and O–H groups in total. The first-order valence-corrected chi connectivity index (χ1v) is 7.53. The number of carbonyl (C=O) groups excluding carboxylic acids is 1. The van der Waals surface area contributed by atoms with Crippen molar-refractivity contribution in [3.05, 3.63) is 0 Å². The van der Waals surface area contributed by atoms with Crippen LogP contribution in [0.3, 0.4) is 0 Å². The van der Waals surface area contributed by atoms with E-state index in [1.54, 1.807) is 0 Å². The van der Waals surface area contributed by atoms with E-state index in [9.17, 15) is 30.3 Å². The lowest BCUT2D eigenvalue weighted by molar-refractivity contribution is -0.361. The van der Waals surface area contributed by atoms with Gasteiger partial charge >= 0.3 is 0 Å². The molecule has 0 spiro atoms. The molecule has 0 aromatic heterocycles. The third-order valence-electron chi connectivity index (χ3n) is 4.15. The molecule has 2 fully saturated rings. The Morgan fingerprint density at radius 2 is 1.28 bits per heavy atom. The highest BCUT2D eigenvalue weighted by molar-refractivity contribution is 5.37. The highest BCUT2D eigenvalue weighted by atomic mass is 16.8. The van der Waals surface area contributed by atoms with Gasteiger partial charge in [0.1, 0.15) is 42.7 Å². The predicted octanol–water partition coefficient (Wildman–Crippen LogP) is -5.22. The summed E-state index contributed by atoms with van der Waals surface area (Å²) in [7, 11) is 0. The molecule has 2 rings (SSSR count). The monoisotopic (exact) mass is 370 g/mol. The van der Waals surface area contributed by atoms with E-state index in [1.807, 2.05) is 0 Å². The minimum atomic E-state index is -1.77. The highest BCUT2D eigenvalue weighted by Crippen LogP contribution is 2.29. The van der Waals surface area contributed by atoms with E-state index in [2.05, 4.69) is 4.74 Å². The molecule has 25 heavy (non-hydrogen) atoms. The van der Waals surface area contributed by atoms with Gasteiger partial charge in [-0.2, -0.15) is 0 Å². The average molecular weight is 370 g/mol. The largest absolute Gasteiger partial charge is 0.435 e. The van der Waals surface area contributed by atoms with Gasteiger partial charge in [0.05, 0.1) is 13.2 Å². The molecule has 0 saturated carbocycles. The van der Waals surface area contributed by atoms with Crippen molar-refractivity contribution >= 4 is 6.47 Å². The van der Waals surface area contributed by atoms with Crippen LogP contribution in [0.4, 0.5) is 0 Å². The summed E-state index contributed by atoms with van der Waals surface area (Å²) in [4.78, 5) is 10.6. The van der Waals surface area contributed by atoms with Crippen LogP contribution in [-0.2, 0) is 23.7 Å². The van der Waals surface area contributed by atoms with E-state index in [-0.39, 0.29) is 6.47 Å². The van der Waals surface area contributed by atoms with Crippen LogP contribution in [0.2, 0.25) is 0 Å². The van der Waals surface area contributed by atoms with Crippen molar-refractivity contribution in [3.63, 3.8) is 0 Å². The summed E-state index contributed by atoms with van der Waals surface area (Å²) in [5.41, 5.74) is 0. The van der Waals surface area contributed by atoms with Crippen molar-refractivity contribution < 1.29 is 59.5 Å². The van der Waals surface area contributed by atoms with Gasteiger partial charge in [0.15, 0.2) is 12.4 Å². The van der Waals surface area contributed by atoms with Crippen molar-refractivity contribution in [2.24, 2.45) is 0 Å². The maximum Gasteiger partial charge on any atom is 0.295 e. The molecule has 2 aliphatic rings. The van der Waals surface area contributed by atoms with E-state index in [0.29, 0.717) is 0 Å². The van der Waals surface area contributed by atoms with E-state index in [1.165, 1.54) is 0 Å². The van der Waals surface area contributed by atoms with E-state index < -0.39 is 74.6 Å². The molecule has 0 aromatic rings. The van der Waals surface area contributed by atoms with Gasteiger partial charge in [-0.3, -0.25) is 4.79 Å². The zero-order chi connectivity index (χ0) is 18.7. The minimum absolute atomic E-state index is 0.00678. The summed E-state index contributed by atoms with van der Waals surface area (Å²) >= 11 is 0. The molecule has 2 saturated heterocycles. The summed E-state index contributed by atoms with van der Waals surface area (Å²) in [6, 6.07) is 0. The van der Waals surface area contributed by atoms with Gasteiger partial charge in [0.2, 0.25) is 6.29 Å². The zero-order valence-corrected chi connectivity index (χ0v) is 12.9. The van der Waals surface area contributed by atoms with Gasteiger partial charge in [-0.05, 0) is 0 Å². The Bertz CT molecular complexity index is 433. The number of hydrogen-bond donors (Lipinski definition) is 7. The number of ether oxygens (including phenoxy) is 4. The Morgan fingerprint density at radius 1 is 0.760 bits per heavy atom. The second-order valence-corrected chi connectivity index (χ2v) is 5.74. The maximum atomic E-state index is 10.6. The fraction of sp³-hybridized carbons (Fsp3) is 0.923. The van der Waals surface area contributed by atoms with Gasteiger partial charge < -0.3 is 54.7 Å². The summed E-state index contributed by atoms with van der Waals surface area (Å²) in [6.45, 7) is -1.38. The lowest BCUT2D eigenvalue weighted by Crippen LogP contribution is -2.64. The zero-order valence-electron chi connectivity index (χ0n) is 12.9. The molecule has 12 heteroatoms. The SMILES string of the molecule is O=COC1OC(CO)C(O)C(O)C1OC1OC(CO)C(O)C(O)C1O. The van der Waals surface area contributed by atoms with Crippen LogP contribution in [0.5, 0.6) is 0 Å². The van der Waals surface area contributed by atoms with Gasteiger partial charge in [-0.1, -0.05) is 0 Å². The normalized spacial score (nSPS) is 48.1. The Balaban J connectivity index is 2.15. The molecule has 10 unspecified atom stereocenters. The predicted molar refractivity (Wildman–Crippen MR) is 73.5 cm³/mol. The summed E-state index contributed by atoms with van der Waals surface area (Å²) in [5.74, 6) is 0. The molecule has 2 aliphatic heterocycles. The molecule has 0 amide bonds. The quantitative estimate of drug-likeness (QED) is 0.220. The summed E-state index contributed by atoms with van der Waals surface area (Å²) < 4.78 is 20.1. The second-order valence-electron chi connectivity index (χ2n) is 5.74. The van der Waals surface area contributed by atoms with Crippen LogP contribution in [-0.4, -0.2) is 117 Å². The van der Waals surface area contributed by atoms with E-state index in [0.717, 1.165) is 0 Å². The minimum Gasteiger partial charge on any atom is -0.435 e. The Labute approximate surface area is 141 Å². The number of hydrogen-bond acceptors (Lipinski definition) is 12. The second kappa shape index (κ2) is 8.64. The Hall–Kier alpha value is -0.930. The van der Waals surface area contributed by atoms with Crippen molar-refractivity contribution in [1.82, 2.24) is 0 Å². The molecule has 0 aromatic carbocycles. The van der Waals surface area contributed by atoms with Crippen molar-refractivity contribution in [3.8, 4) is 0 Å². The first-order chi connectivity index (χ1) is 11.8. The van der Waals surface area contributed by atoms with Crippen molar-refractivity contribution in [2.45, 2.75) is 61.4 Å². The molecule has 0 aliphatic carbocycles. The van der Waals surface area contributed by atoms with Gasteiger partial charge in [-0.25, -0.2) is 0 Å². The third-order valence-corrected chi connectivity index (χ3v) is 4.15. The maximum absolute atomic E-state index is 10.6. The first kappa shape index (κ1) is 20.4. The van der Waals surface area contributed by atoms with Crippen LogP contribution in [0.25, 0.3) is 0 Å². The van der Waals surface area contributed by atoms with Crippen LogP contribution in [0, 0.1) is 0 Å². The molecular weight excluding hydrogens is 348 g/mol. The van der Waals surface area contributed by atoms with Crippen molar-refractivity contribution in [1.29, 1.82) is 0 Å². The number of rotatable bonds is 6. The van der Waals surface area contributed by atoms with Gasteiger partial charge in [-0.15, -0.1) is 0 Å². The van der Waals surface area contributed by atoms with Gasteiger partial charge in [0, 0.05) is 0 Å². The summed E-state index contributed by atoms with van der Waals surface area (Å²) in [6.07, 6.45) is -15.7. The fourth-order valence-electron chi connectivity index (χ4n) is 2.70. The molecule has 0 bridgehead atoms. The molecule has 2 heterocycles. The van der Waals surface area contributed by atoms with E-state index >= 15 is 0 Å². The van der Waals surface area contributed by atoms with Gasteiger partial charge in [0.25, 0.3) is 6.47 Å². The van der Waals surface area contributed by atoms with Crippen LogP contribution >= 0.6 is 0 Å². The standard InChI is InChI=1S/C13H22O12/c14-1-4-6(17)8(19)10(21)12(23-4)25-11-9(20)7(18)5(2-15)24-13(11)22-3-16/h3-15,17-21H,1-2H2. The fourth-order valence-corrected chi connectivity index (χ4v) is 2.70. The van der Waals surface area contributed by atoms with Crippen LogP contribution < -0.4 is 0 Å². The highest BCUT2D eigenvalue weighted by Gasteiger charge is 2.51. The average Bonchev–Trinajstić information content (AvgIpc) is 2.61. The van der Waals surface area contributed by atoms with Crippen LogP contribution in [0.15, 0.2) is 0 Å². The Kier molecular flexibility index (Phi) is 7.04. The number of aliphatic hydroxyl groups is 7. The van der Waals surface area contributed by atoms with Crippen LogP contribution in [0.1, 0.15) is 0 Å². The molecular formula is C13H22O12. The molecule has 146 valence electrons. The number of aliphatic hydroxyl groups excluding tert-OH is 7. The molecule has 12 nitrogen and oxygen atoms in total. The lowest BCUT2D eigenvalue weighted by atomic mass is 9.97. The third kappa shape index (κ3) is 4.09. The summed E-state index contributed by atoms with van der Waals surface area (Å²) in [5, 5.41) is 67.7. The lowest BCUT2D eigenvalue weighted by Gasteiger charge is -2.45. The molecule has 0 radical (unpaired) electrons. The topological polar surface area (TPSA) is 196 Å². The Morgan fingerprint density at radius 3 is 1.80 bits per heavy atom. The first-order valence-electron chi connectivity index (χ1n) is 7.53. The van der Waals surface area contributed by atoms with Crippen molar-refractivity contribution in [2.75, 3.05) is 13.2 Å². The number of carbonyl (C=O) groups is 1. The smallest absolute Gasteiger partial charge is 0.295 e. The molecule has 10 atom stereocenters. The van der Waals surface area contributed by atoms with E-state index in [4.69, 9.17) is 24.4 Å².